The van der Waals surface area contributed by atoms with Gasteiger partial charge in [-0.15, -0.1) is 0 Å². The van der Waals surface area contributed by atoms with Crippen LogP contribution in [0, 0.1) is 11.3 Å². The highest BCUT2D eigenvalue weighted by Gasteiger charge is 2.53. The van der Waals surface area contributed by atoms with Gasteiger partial charge in [-0.25, -0.2) is 14.3 Å². The Bertz CT molecular complexity index is 2090. The quantitative estimate of drug-likeness (QED) is 0.0497. The van der Waals surface area contributed by atoms with Gasteiger partial charge >= 0.3 is 11.8 Å². The van der Waals surface area contributed by atoms with Gasteiger partial charge in [-0.2, -0.15) is 5.26 Å². The predicted molar refractivity (Wildman–Crippen MR) is 230 cm³/mol. The van der Waals surface area contributed by atoms with E-state index in [-0.39, 0.29) is 58.1 Å². The van der Waals surface area contributed by atoms with Crippen LogP contribution in [0.2, 0.25) is 0 Å². The van der Waals surface area contributed by atoms with Crippen molar-refractivity contribution >= 4 is 14.6 Å². The van der Waals surface area contributed by atoms with Crippen molar-refractivity contribution < 1.29 is 47.4 Å². The van der Waals surface area contributed by atoms with Crippen LogP contribution in [0.3, 0.4) is 0 Å². The SMILES string of the molecule is COc1ccc(C(OC[C@H]2O[C@@H](n3ccc(=O)[nH]c3=O)[C@H](OC(=O)NCCOCCO)[C@@H]2OP(OCCC#N)N(C(C)C)C(C)C)(c2ccccc2)c2ccc(OC)cc2)cc1. The molecule has 5 rings (SSSR count). The monoisotopic (exact) mass is 877 g/mol. The van der Waals surface area contributed by atoms with Crippen molar-refractivity contribution in [2.45, 2.75) is 76.3 Å². The molecular formula is C44H56N5O12P. The lowest BCUT2D eigenvalue weighted by Gasteiger charge is -2.39. The maximum atomic E-state index is 13.6. The van der Waals surface area contributed by atoms with Crippen molar-refractivity contribution in [2.75, 3.05) is 53.8 Å². The van der Waals surface area contributed by atoms with Crippen LogP contribution in [0.25, 0.3) is 0 Å². The average molecular weight is 878 g/mol. The van der Waals surface area contributed by atoms with Gasteiger partial charge in [-0.05, 0) is 68.7 Å². The first kappa shape index (κ1) is 47.9. The van der Waals surface area contributed by atoms with E-state index in [0.29, 0.717) is 11.5 Å². The Morgan fingerprint density at radius 1 is 0.903 bits per heavy atom. The molecule has 3 N–H and O–H groups in total. The number of hydrogen-bond acceptors (Lipinski definition) is 14. The number of ether oxygens (including phenoxy) is 6. The summed E-state index contributed by atoms with van der Waals surface area (Å²) in [7, 11) is 1.19. The van der Waals surface area contributed by atoms with Gasteiger partial charge in [0.05, 0.1) is 59.7 Å². The number of methoxy groups -OCH3 is 2. The highest BCUT2D eigenvalue weighted by Crippen LogP contribution is 2.51. The van der Waals surface area contributed by atoms with E-state index < -0.39 is 56.0 Å². The molecule has 1 amide bonds. The van der Waals surface area contributed by atoms with Crippen molar-refractivity contribution in [3.8, 4) is 17.6 Å². The summed E-state index contributed by atoms with van der Waals surface area (Å²) in [6.45, 7) is 7.79. The van der Waals surface area contributed by atoms with Crippen molar-refractivity contribution in [1.82, 2.24) is 19.5 Å². The molecule has 0 aliphatic carbocycles. The summed E-state index contributed by atoms with van der Waals surface area (Å²) in [6.07, 6.45) is -4.47. The number of aromatic amines is 1. The highest BCUT2D eigenvalue weighted by atomic mass is 31.2. The second kappa shape index (κ2) is 23.3. The summed E-state index contributed by atoms with van der Waals surface area (Å²) in [5.74, 6) is 1.27. The summed E-state index contributed by atoms with van der Waals surface area (Å²) in [5.41, 5.74) is -0.520. The van der Waals surface area contributed by atoms with Crippen LogP contribution < -0.4 is 26.0 Å². The number of aromatic nitrogens is 2. The molecule has 62 heavy (non-hydrogen) atoms. The topological polar surface area (TPSA) is 205 Å². The van der Waals surface area contributed by atoms with Crippen LogP contribution in [0.5, 0.6) is 11.5 Å². The maximum absolute atomic E-state index is 13.6. The summed E-state index contributed by atoms with van der Waals surface area (Å²) in [5, 5.41) is 21.2. The Hall–Kier alpha value is -5.15. The molecule has 1 aromatic heterocycles. The number of carbonyl (C=O) groups is 1. The number of alkyl carbamates (subject to hydrolysis) is 1. The number of rotatable bonds is 23. The fraction of sp³-hybridized carbons (Fsp3) is 0.455. The Kier molecular flexibility index (Phi) is 18.0. The first-order chi connectivity index (χ1) is 30.0. The fourth-order valence-corrected chi connectivity index (χ4v) is 8.95. The van der Waals surface area contributed by atoms with Crippen LogP contribution in [0.4, 0.5) is 4.79 Å². The molecule has 18 heteroatoms. The van der Waals surface area contributed by atoms with Crippen LogP contribution in [-0.4, -0.2) is 110 Å². The molecule has 1 aliphatic heterocycles. The number of nitrogens with zero attached hydrogens (tertiary/aromatic N) is 3. The van der Waals surface area contributed by atoms with Gasteiger partial charge in [-0.1, -0.05) is 54.6 Å². The molecule has 1 saturated heterocycles. The molecule has 1 fully saturated rings. The van der Waals surface area contributed by atoms with Crippen LogP contribution in [0.15, 0.2) is 101 Å². The number of aliphatic hydroxyl groups is 1. The Morgan fingerprint density at radius 3 is 2.06 bits per heavy atom. The summed E-state index contributed by atoms with van der Waals surface area (Å²) >= 11 is 0. The summed E-state index contributed by atoms with van der Waals surface area (Å²) in [6, 6.07) is 27.7. The molecule has 1 aliphatic rings. The van der Waals surface area contributed by atoms with E-state index in [0.717, 1.165) is 27.3 Å². The van der Waals surface area contributed by atoms with Gasteiger partial charge < -0.3 is 47.9 Å². The zero-order chi connectivity index (χ0) is 44.6. The number of H-pyrrole nitrogens is 1. The third kappa shape index (κ3) is 11.9. The van der Waals surface area contributed by atoms with Crippen LogP contribution in [-0.2, 0) is 33.6 Å². The lowest BCUT2D eigenvalue weighted by molar-refractivity contribution is -0.0948. The van der Waals surface area contributed by atoms with E-state index in [1.54, 1.807) is 14.2 Å². The van der Waals surface area contributed by atoms with Crippen molar-refractivity contribution in [1.29, 1.82) is 5.26 Å². The number of aliphatic hydroxyl groups excluding tert-OH is 1. The third-order valence-corrected chi connectivity index (χ3v) is 12.0. The molecule has 1 unspecified atom stereocenters. The Morgan fingerprint density at radius 2 is 1.52 bits per heavy atom. The molecule has 3 aromatic carbocycles. The number of nitrogens with one attached hydrogen (secondary N) is 2. The van der Waals surface area contributed by atoms with E-state index in [9.17, 15) is 19.6 Å². The molecule has 334 valence electrons. The predicted octanol–water partition coefficient (Wildman–Crippen LogP) is 5.22. The van der Waals surface area contributed by atoms with Crippen molar-refractivity contribution in [2.24, 2.45) is 0 Å². The van der Waals surface area contributed by atoms with E-state index in [4.69, 9.17) is 42.6 Å². The van der Waals surface area contributed by atoms with E-state index in [2.05, 4.69) is 16.4 Å². The lowest BCUT2D eigenvalue weighted by atomic mass is 9.80. The zero-order valence-corrected chi connectivity index (χ0v) is 36.7. The van der Waals surface area contributed by atoms with Crippen LogP contribution >= 0.6 is 8.53 Å². The molecule has 0 bridgehead atoms. The Balaban J connectivity index is 1.67. The molecule has 0 radical (unpaired) electrons. The van der Waals surface area contributed by atoms with Crippen LogP contribution in [0.1, 0.15) is 57.0 Å². The summed E-state index contributed by atoms with van der Waals surface area (Å²) < 4.78 is 52.9. The van der Waals surface area contributed by atoms with Gasteiger partial charge in [0.25, 0.3) is 14.1 Å². The highest BCUT2D eigenvalue weighted by molar-refractivity contribution is 7.44. The van der Waals surface area contributed by atoms with Gasteiger partial charge in [0.2, 0.25) is 0 Å². The fourth-order valence-electron chi connectivity index (χ4n) is 7.18. The van der Waals surface area contributed by atoms with E-state index in [1.165, 1.54) is 6.20 Å². The van der Waals surface area contributed by atoms with Gasteiger partial charge in [-0.3, -0.25) is 14.3 Å². The number of carbonyl (C=O) groups excluding carboxylic acids is 1. The first-order valence-electron chi connectivity index (χ1n) is 20.3. The van der Waals surface area contributed by atoms with Gasteiger partial charge in [0.15, 0.2) is 12.3 Å². The number of hydrogen-bond donors (Lipinski definition) is 3. The average Bonchev–Trinajstić information content (AvgIpc) is 3.59. The summed E-state index contributed by atoms with van der Waals surface area (Å²) in [4.78, 5) is 41.6. The smallest absolute Gasteiger partial charge is 0.407 e. The molecule has 0 saturated carbocycles. The van der Waals surface area contributed by atoms with E-state index >= 15 is 0 Å². The molecular weight excluding hydrogens is 821 g/mol. The lowest BCUT2D eigenvalue weighted by Crippen LogP contribution is -2.45. The van der Waals surface area contributed by atoms with Crippen molar-refractivity contribution in [3.05, 3.63) is 129 Å². The molecule has 17 nitrogen and oxygen atoms in total. The minimum atomic E-state index is -1.99. The number of nitriles is 1. The number of benzene rings is 3. The molecule has 2 heterocycles. The van der Waals surface area contributed by atoms with Gasteiger partial charge in [0.1, 0.15) is 29.3 Å². The minimum absolute atomic E-state index is 0.0372. The number of amides is 1. The largest absolute Gasteiger partial charge is 0.497 e. The van der Waals surface area contributed by atoms with Crippen molar-refractivity contribution in [3.63, 3.8) is 0 Å². The van der Waals surface area contributed by atoms with Gasteiger partial charge in [0, 0.05) is 30.9 Å². The third-order valence-electron chi connectivity index (χ3n) is 9.92. The second-order valence-electron chi connectivity index (χ2n) is 14.6. The molecule has 4 aromatic rings. The normalized spacial score (nSPS) is 18.1. The minimum Gasteiger partial charge on any atom is -0.497 e. The maximum Gasteiger partial charge on any atom is 0.407 e. The second-order valence-corrected chi connectivity index (χ2v) is 16.1. The zero-order valence-electron chi connectivity index (χ0n) is 35.8. The standard InChI is InChI=1S/C44H56N5O12P/c1-30(2)49(31(3)4)62(58-26-10-22-45)61-39-37(59-41(48-24-21-38(51)47-42(48)52)40(39)60-43(53)46-23-27-56-28-25-50)29-57-44(32-11-8-7-9-12-32,33-13-17-35(54-5)18-14-33)34-15-19-36(55-6)20-16-34/h7-9,11-21,24,30-31,37,39-41,50H,10,23,25-29H2,1-6H3,(H,46,53)(H,47,51,52)/t37-,39-,40-,41-,62?/m1/s1. The molecule has 5 atom stereocenters. The Labute approximate surface area is 362 Å². The first-order valence-corrected chi connectivity index (χ1v) is 21.4. The van der Waals surface area contributed by atoms with E-state index in [1.807, 2.05) is 111 Å². The molecule has 0 spiro atoms.